The van der Waals surface area contributed by atoms with Gasteiger partial charge in [0.1, 0.15) is 5.75 Å². The molecule has 0 amide bonds. The summed E-state index contributed by atoms with van der Waals surface area (Å²) in [6.07, 6.45) is 3.68. The fraction of sp³-hybridized carbons (Fsp3) is 0.400. The van der Waals surface area contributed by atoms with Crippen LogP contribution < -0.4 is 10.1 Å². The van der Waals surface area contributed by atoms with Crippen LogP contribution in [0.15, 0.2) is 33.3 Å². The fourth-order valence-corrected chi connectivity index (χ4v) is 2.31. The molecule has 20 heavy (non-hydrogen) atoms. The van der Waals surface area contributed by atoms with Gasteiger partial charge in [0.25, 0.3) is 0 Å². The molecule has 0 radical (unpaired) electrons. The maximum atomic E-state index is 5.79. The van der Waals surface area contributed by atoms with Gasteiger partial charge in [-0.15, -0.1) is 0 Å². The van der Waals surface area contributed by atoms with Gasteiger partial charge in [-0.2, -0.15) is 0 Å². The fourth-order valence-electron chi connectivity index (χ4n) is 1.87. The molecular weight excluding hydrogens is 320 g/mol. The smallest absolute Gasteiger partial charge is 0.196 e. The van der Waals surface area contributed by atoms with Crippen LogP contribution in [0.4, 0.5) is 0 Å². The predicted molar refractivity (Wildman–Crippen MR) is 83.1 cm³/mol. The van der Waals surface area contributed by atoms with Crippen molar-refractivity contribution in [2.45, 2.75) is 19.8 Å². The van der Waals surface area contributed by atoms with E-state index in [0.717, 1.165) is 53.4 Å². The average molecular weight is 339 g/mol. The zero-order chi connectivity index (χ0) is 14.4. The third-order valence-electron chi connectivity index (χ3n) is 2.93. The second kappa shape index (κ2) is 7.45. The Morgan fingerprint density at radius 1 is 1.35 bits per heavy atom. The summed E-state index contributed by atoms with van der Waals surface area (Å²) in [6.45, 7) is 4.05. The Morgan fingerprint density at radius 3 is 2.95 bits per heavy atom. The van der Waals surface area contributed by atoms with Crippen LogP contribution in [0, 0.1) is 0 Å². The number of nitrogens with one attached hydrogen (secondary N) is 1. The third kappa shape index (κ3) is 3.84. The number of benzene rings is 1. The summed E-state index contributed by atoms with van der Waals surface area (Å²) in [5, 5.41) is 3.33. The number of hydrogen-bond acceptors (Lipinski definition) is 4. The SMILES string of the molecule is CCCNCCc1ncc(-c2cc(OC)ccc2Br)o1. The van der Waals surface area contributed by atoms with Crippen LogP contribution in [-0.2, 0) is 6.42 Å². The van der Waals surface area contributed by atoms with E-state index in [9.17, 15) is 0 Å². The monoisotopic (exact) mass is 338 g/mol. The zero-order valence-corrected chi connectivity index (χ0v) is 13.4. The molecule has 0 spiro atoms. The Kier molecular flexibility index (Phi) is 5.61. The number of oxazole rings is 1. The van der Waals surface area contributed by atoms with Crippen molar-refractivity contribution in [2.75, 3.05) is 20.2 Å². The minimum Gasteiger partial charge on any atom is -0.497 e. The maximum absolute atomic E-state index is 5.79. The van der Waals surface area contributed by atoms with Crippen LogP contribution in [0.25, 0.3) is 11.3 Å². The molecule has 0 bridgehead atoms. The first-order valence-electron chi connectivity index (χ1n) is 6.74. The Labute approximate surface area is 127 Å². The Hall–Kier alpha value is -1.33. The van der Waals surface area contributed by atoms with Crippen LogP contribution in [0.1, 0.15) is 19.2 Å². The van der Waals surface area contributed by atoms with E-state index in [1.807, 2.05) is 18.2 Å². The van der Waals surface area contributed by atoms with Gasteiger partial charge in [-0.25, -0.2) is 4.98 Å². The third-order valence-corrected chi connectivity index (χ3v) is 3.63. The molecule has 0 saturated carbocycles. The average Bonchev–Trinajstić information content (AvgIpc) is 2.93. The number of ether oxygens (including phenoxy) is 1. The summed E-state index contributed by atoms with van der Waals surface area (Å²) in [7, 11) is 1.65. The lowest BCUT2D eigenvalue weighted by Crippen LogP contribution is -2.17. The van der Waals surface area contributed by atoms with Gasteiger partial charge in [-0.3, -0.25) is 0 Å². The highest BCUT2D eigenvalue weighted by Gasteiger charge is 2.10. The van der Waals surface area contributed by atoms with Crippen LogP contribution in [-0.4, -0.2) is 25.2 Å². The van der Waals surface area contributed by atoms with E-state index in [0.29, 0.717) is 0 Å². The van der Waals surface area contributed by atoms with Gasteiger partial charge >= 0.3 is 0 Å². The first-order chi connectivity index (χ1) is 9.74. The van der Waals surface area contributed by atoms with Gasteiger partial charge in [0.15, 0.2) is 11.7 Å². The maximum Gasteiger partial charge on any atom is 0.196 e. The lowest BCUT2D eigenvalue weighted by Gasteiger charge is -2.04. The summed E-state index contributed by atoms with van der Waals surface area (Å²) in [4.78, 5) is 4.32. The molecule has 0 aliphatic rings. The molecule has 1 aromatic heterocycles. The predicted octanol–water partition coefficient (Wildman–Crippen LogP) is 3.65. The highest BCUT2D eigenvalue weighted by molar-refractivity contribution is 9.10. The molecule has 0 atom stereocenters. The molecule has 2 rings (SSSR count). The normalized spacial score (nSPS) is 10.8. The molecule has 1 N–H and O–H groups in total. The van der Waals surface area contributed by atoms with E-state index >= 15 is 0 Å². The van der Waals surface area contributed by atoms with Gasteiger partial charge in [-0.1, -0.05) is 22.9 Å². The van der Waals surface area contributed by atoms with Crippen LogP contribution in [0.2, 0.25) is 0 Å². The molecule has 0 aliphatic heterocycles. The van der Waals surface area contributed by atoms with E-state index in [1.165, 1.54) is 0 Å². The van der Waals surface area contributed by atoms with Crippen molar-refractivity contribution in [1.29, 1.82) is 0 Å². The molecule has 0 unspecified atom stereocenters. The van der Waals surface area contributed by atoms with E-state index < -0.39 is 0 Å². The van der Waals surface area contributed by atoms with Gasteiger partial charge in [0.05, 0.1) is 13.3 Å². The minimum absolute atomic E-state index is 0.748. The largest absolute Gasteiger partial charge is 0.497 e. The summed E-state index contributed by atoms with van der Waals surface area (Å²) >= 11 is 3.52. The van der Waals surface area contributed by atoms with Crippen molar-refractivity contribution in [1.82, 2.24) is 10.3 Å². The molecule has 0 saturated heterocycles. The van der Waals surface area contributed by atoms with E-state index in [-0.39, 0.29) is 0 Å². The van der Waals surface area contributed by atoms with Gasteiger partial charge in [0.2, 0.25) is 0 Å². The zero-order valence-electron chi connectivity index (χ0n) is 11.8. The van der Waals surface area contributed by atoms with Crippen molar-refractivity contribution in [3.63, 3.8) is 0 Å². The summed E-state index contributed by atoms with van der Waals surface area (Å²) in [5.41, 5.74) is 0.949. The molecule has 0 fully saturated rings. The van der Waals surface area contributed by atoms with Crippen LogP contribution >= 0.6 is 15.9 Å². The second-order valence-electron chi connectivity index (χ2n) is 4.46. The van der Waals surface area contributed by atoms with Crippen molar-refractivity contribution >= 4 is 15.9 Å². The van der Waals surface area contributed by atoms with Gasteiger partial charge < -0.3 is 14.5 Å². The van der Waals surface area contributed by atoms with Crippen LogP contribution in [0.3, 0.4) is 0 Å². The molecular formula is C15H19BrN2O2. The highest BCUT2D eigenvalue weighted by Crippen LogP contribution is 2.32. The quantitative estimate of drug-likeness (QED) is 0.782. The molecule has 1 heterocycles. The number of methoxy groups -OCH3 is 1. The van der Waals surface area contributed by atoms with Crippen molar-refractivity contribution in [3.05, 3.63) is 34.8 Å². The topological polar surface area (TPSA) is 47.3 Å². The van der Waals surface area contributed by atoms with Gasteiger partial charge in [-0.05, 0) is 31.2 Å². The molecule has 2 aromatic rings. The van der Waals surface area contributed by atoms with Gasteiger partial charge in [0, 0.05) is 23.0 Å². The highest BCUT2D eigenvalue weighted by atomic mass is 79.9. The Bertz CT molecular complexity index is 555. The molecule has 1 aromatic carbocycles. The number of aromatic nitrogens is 1. The lowest BCUT2D eigenvalue weighted by molar-refractivity contribution is 0.414. The Morgan fingerprint density at radius 2 is 2.20 bits per heavy atom. The number of rotatable bonds is 7. The standard InChI is InChI=1S/C15H19BrN2O2/c1-3-7-17-8-6-15-18-10-14(20-15)12-9-11(19-2)4-5-13(12)16/h4-5,9-10,17H,3,6-8H2,1-2H3. The summed E-state index contributed by atoms with van der Waals surface area (Å²) < 4.78 is 12.0. The van der Waals surface area contributed by atoms with Crippen LogP contribution in [0.5, 0.6) is 5.75 Å². The van der Waals surface area contributed by atoms with E-state index in [2.05, 4.69) is 33.2 Å². The summed E-state index contributed by atoms with van der Waals surface area (Å²) in [6, 6.07) is 5.78. The molecule has 4 nitrogen and oxygen atoms in total. The summed E-state index contributed by atoms with van der Waals surface area (Å²) in [5.74, 6) is 2.30. The number of hydrogen-bond donors (Lipinski definition) is 1. The number of halogens is 1. The van der Waals surface area contributed by atoms with E-state index in [1.54, 1.807) is 13.3 Å². The second-order valence-corrected chi connectivity index (χ2v) is 5.32. The first kappa shape index (κ1) is 15.1. The first-order valence-corrected chi connectivity index (χ1v) is 7.53. The lowest BCUT2D eigenvalue weighted by atomic mass is 10.2. The molecule has 5 heteroatoms. The van der Waals surface area contributed by atoms with E-state index in [4.69, 9.17) is 9.15 Å². The van der Waals surface area contributed by atoms with Crippen molar-refractivity contribution in [2.24, 2.45) is 0 Å². The number of nitrogens with zero attached hydrogens (tertiary/aromatic N) is 1. The van der Waals surface area contributed by atoms with Crippen molar-refractivity contribution < 1.29 is 9.15 Å². The minimum atomic E-state index is 0.748. The molecule has 108 valence electrons. The Balaban J connectivity index is 2.08. The molecule has 0 aliphatic carbocycles. The van der Waals surface area contributed by atoms with Crippen molar-refractivity contribution in [3.8, 4) is 17.1 Å².